The second-order valence-corrected chi connectivity index (χ2v) is 13.3. The maximum Gasteiger partial charge on any atom is 0.471 e. The molecule has 0 aliphatic carbocycles. The van der Waals surface area contributed by atoms with Gasteiger partial charge in [0.15, 0.2) is 0 Å². The van der Waals surface area contributed by atoms with Crippen LogP contribution in [0.5, 0.6) is 0 Å². The van der Waals surface area contributed by atoms with E-state index in [0.717, 1.165) is 18.1 Å². The highest BCUT2D eigenvalue weighted by atomic mass is 31.2. The van der Waals surface area contributed by atoms with Crippen LogP contribution in [0.1, 0.15) is 50.3 Å². The molecule has 0 spiro atoms. The van der Waals surface area contributed by atoms with Crippen molar-refractivity contribution in [3.63, 3.8) is 0 Å². The summed E-state index contributed by atoms with van der Waals surface area (Å²) in [7, 11) is -2.51. The fourth-order valence-corrected chi connectivity index (χ4v) is 5.93. The van der Waals surface area contributed by atoms with Gasteiger partial charge in [-0.05, 0) is 23.6 Å². The Labute approximate surface area is 323 Å². The zero-order valence-corrected chi connectivity index (χ0v) is 31.8. The van der Waals surface area contributed by atoms with E-state index in [9.17, 15) is 37.1 Å². The van der Waals surface area contributed by atoms with Crippen LogP contribution >= 0.6 is 8.60 Å². The van der Waals surface area contributed by atoms with Gasteiger partial charge in [0, 0.05) is 33.2 Å². The number of nitrogens with one attached hydrogen (secondary N) is 2. The first kappa shape index (κ1) is 45.5. The van der Waals surface area contributed by atoms with Gasteiger partial charge in [-0.15, -0.1) is 0 Å². The van der Waals surface area contributed by atoms with Crippen molar-refractivity contribution in [3.05, 3.63) is 108 Å². The summed E-state index contributed by atoms with van der Waals surface area (Å²) in [4.78, 5) is 61.6. The largest absolute Gasteiger partial charge is 0.471 e. The molecule has 0 radical (unpaired) electrons. The predicted octanol–water partition coefficient (Wildman–Crippen LogP) is 5.58. The highest BCUT2D eigenvalue weighted by Gasteiger charge is 2.48. The van der Waals surface area contributed by atoms with E-state index in [-0.39, 0.29) is 32.8 Å². The van der Waals surface area contributed by atoms with Gasteiger partial charge in [-0.1, -0.05) is 91.0 Å². The van der Waals surface area contributed by atoms with E-state index in [0.29, 0.717) is 5.56 Å². The van der Waals surface area contributed by atoms with Crippen LogP contribution in [0.25, 0.3) is 0 Å². The molecule has 3 aromatic rings. The molecular formula is C38H44F3N2O12P. The van der Waals surface area contributed by atoms with Crippen molar-refractivity contribution in [1.82, 2.24) is 10.6 Å². The molecule has 14 nitrogen and oxygen atoms in total. The van der Waals surface area contributed by atoms with Crippen molar-refractivity contribution < 1.29 is 69.7 Å². The third-order valence-corrected chi connectivity index (χ3v) is 8.46. The van der Waals surface area contributed by atoms with Crippen molar-refractivity contribution in [2.45, 2.75) is 77.6 Å². The van der Waals surface area contributed by atoms with Crippen molar-refractivity contribution in [1.29, 1.82) is 0 Å². The Hall–Kier alpha value is -4.93. The van der Waals surface area contributed by atoms with Gasteiger partial charge < -0.3 is 38.6 Å². The number of hydrogen-bond donors (Lipinski definition) is 2. The van der Waals surface area contributed by atoms with Gasteiger partial charge in [-0.25, -0.2) is 4.79 Å². The molecule has 0 saturated carbocycles. The minimum atomic E-state index is -5.22. The molecule has 0 saturated heterocycles. The standard InChI is InChI=1S/C38H44F3N2O12P/c1-27(21-33(53-29(3)45)26-49-28(2)44)54-37(36(48)50-23-30-13-7-4-8-14-30,19-20-42-34(46)22-43-35(47)38(39,40)41)55-56(51-24-31-15-9-5-10-16-31)52-25-32-17-11-6-12-18-32/h4-18,27,33H,19-26H2,1-3H3,(H,42,46)(H,43,47). The van der Waals surface area contributed by atoms with E-state index in [4.69, 9.17) is 32.5 Å². The summed E-state index contributed by atoms with van der Waals surface area (Å²) in [5.74, 6) is -8.24. The van der Waals surface area contributed by atoms with Gasteiger partial charge in [0.25, 0.3) is 5.79 Å². The van der Waals surface area contributed by atoms with Crippen molar-refractivity contribution in [2.75, 3.05) is 19.7 Å². The van der Waals surface area contributed by atoms with Crippen LogP contribution in [0.4, 0.5) is 13.2 Å². The predicted molar refractivity (Wildman–Crippen MR) is 193 cm³/mol. The van der Waals surface area contributed by atoms with Gasteiger partial charge in [-0.3, -0.25) is 23.7 Å². The molecule has 0 aliphatic rings. The Bertz CT molecular complexity index is 1650. The summed E-state index contributed by atoms with van der Waals surface area (Å²) >= 11 is 0. The molecule has 2 N–H and O–H groups in total. The molecule has 304 valence electrons. The lowest BCUT2D eigenvalue weighted by Crippen LogP contribution is -2.50. The zero-order chi connectivity index (χ0) is 41.0. The number of halogens is 3. The summed E-state index contributed by atoms with van der Waals surface area (Å²) in [6, 6.07) is 26.5. The molecule has 3 unspecified atom stereocenters. The molecule has 0 aliphatic heterocycles. The fraction of sp³-hybridized carbons (Fsp3) is 0.395. The Kier molecular flexibility index (Phi) is 18.8. The maximum atomic E-state index is 14.3. The molecule has 3 rings (SSSR count). The van der Waals surface area contributed by atoms with Crippen molar-refractivity contribution in [3.8, 4) is 0 Å². The lowest BCUT2D eigenvalue weighted by molar-refractivity contribution is -0.240. The normalized spacial score (nSPS) is 13.5. The topological polar surface area (TPSA) is 174 Å². The lowest BCUT2D eigenvalue weighted by atomic mass is 10.1. The number of ether oxygens (including phenoxy) is 4. The van der Waals surface area contributed by atoms with Crippen LogP contribution in [0, 0.1) is 0 Å². The van der Waals surface area contributed by atoms with Gasteiger partial charge in [-0.2, -0.15) is 13.2 Å². The quantitative estimate of drug-likeness (QED) is 0.0528. The summed E-state index contributed by atoms with van der Waals surface area (Å²) in [5.41, 5.74) is 2.04. The van der Waals surface area contributed by atoms with E-state index in [1.807, 2.05) is 12.1 Å². The number of carbonyl (C=O) groups excluding carboxylic acids is 5. The number of benzene rings is 3. The molecular weight excluding hydrogens is 764 g/mol. The molecule has 0 fully saturated rings. The number of carbonyl (C=O) groups is 5. The second-order valence-electron chi connectivity index (χ2n) is 12.1. The lowest BCUT2D eigenvalue weighted by Gasteiger charge is -2.36. The average Bonchev–Trinajstić information content (AvgIpc) is 3.16. The highest BCUT2D eigenvalue weighted by molar-refractivity contribution is 7.41. The van der Waals surface area contributed by atoms with E-state index in [2.05, 4.69) is 5.32 Å². The molecule has 18 heteroatoms. The number of alkyl halides is 3. The SMILES string of the molecule is CC(=O)OCC(CC(C)OC(CCNC(=O)CNC(=O)C(F)(F)F)(OP(OCc1ccccc1)OCc1ccccc1)C(=O)OCc1ccccc1)OC(C)=O. The van der Waals surface area contributed by atoms with Crippen LogP contribution in [0.2, 0.25) is 0 Å². The third kappa shape index (κ3) is 17.3. The summed E-state index contributed by atoms with van der Waals surface area (Å²) in [6.07, 6.45) is -7.97. The van der Waals surface area contributed by atoms with Gasteiger partial charge in [0.1, 0.15) is 19.3 Å². The zero-order valence-electron chi connectivity index (χ0n) is 31.0. The number of rotatable bonds is 23. The van der Waals surface area contributed by atoms with Gasteiger partial charge in [0.05, 0.1) is 25.9 Å². The first-order chi connectivity index (χ1) is 26.6. The number of amides is 2. The molecule has 0 bridgehead atoms. The van der Waals surface area contributed by atoms with E-state index < -0.39 is 82.0 Å². The van der Waals surface area contributed by atoms with Crippen LogP contribution < -0.4 is 10.6 Å². The Morgan fingerprint density at radius 3 is 1.71 bits per heavy atom. The molecule has 3 aromatic carbocycles. The van der Waals surface area contributed by atoms with Crippen LogP contribution in [0.15, 0.2) is 91.0 Å². The molecule has 2 amide bonds. The van der Waals surface area contributed by atoms with Crippen LogP contribution in [-0.2, 0) is 76.3 Å². The molecule has 3 atom stereocenters. The Morgan fingerprint density at radius 2 is 1.23 bits per heavy atom. The number of esters is 3. The first-order valence-electron chi connectivity index (χ1n) is 17.3. The Balaban J connectivity index is 1.99. The minimum Gasteiger partial charge on any atom is -0.462 e. The number of hydrogen-bond acceptors (Lipinski definition) is 12. The summed E-state index contributed by atoms with van der Waals surface area (Å²) < 4.78 is 79.1. The summed E-state index contributed by atoms with van der Waals surface area (Å²) in [5, 5.41) is 3.82. The average molecular weight is 809 g/mol. The molecule has 56 heavy (non-hydrogen) atoms. The fourth-order valence-electron chi connectivity index (χ4n) is 4.79. The molecule has 0 aromatic heterocycles. The van der Waals surface area contributed by atoms with Crippen LogP contribution in [0.3, 0.4) is 0 Å². The molecule has 0 heterocycles. The van der Waals surface area contributed by atoms with Crippen molar-refractivity contribution >= 4 is 38.3 Å². The first-order valence-corrected chi connectivity index (χ1v) is 18.4. The van der Waals surface area contributed by atoms with Crippen LogP contribution in [-0.4, -0.2) is 73.6 Å². The minimum absolute atomic E-state index is 0.0431. The van der Waals surface area contributed by atoms with Gasteiger partial charge in [0.2, 0.25) is 5.91 Å². The smallest absolute Gasteiger partial charge is 0.462 e. The highest BCUT2D eigenvalue weighted by Crippen LogP contribution is 2.48. The monoisotopic (exact) mass is 808 g/mol. The van der Waals surface area contributed by atoms with E-state index in [1.165, 1.54) is 19.2 Å². The van der Waals surface area contributed by atoms with Gasteiger partial charge >= 0.3 is 38.6 Å². The summed E-state index contributed by atoms with van der Waals surface area (Å²) in [6.45, 7) is 1.65. The second kappa shape index (κ2) is 23.2. The third-order valence-electron chi connectivity index (χ3n) is 7.34. The van der Waals surface area contributed by atoms with E-state index in [1.54, 1.807) is 78.9 Å². The van der Waals surface area contributed by atoms with Crippen molar-refractivity contribution in [2.24, 2.45) is 0 Å². The van der Waals surface area contributed by atoms with E-state index >= 15 is 0 Å². The Morgan fingerprint density at radius 1 is 0.714 bits per heavy atom. The maximum absolute atomic E-state index is 14.3.